The highest BCUT2D eigenvalue weighted by Gasteiger charge is 2.43. The molecule has 2 aromatic carbocycles. The average molecular weight is 502 g/mol. The topological polar surface area (TPSA) is 105 Å². The van der Waals surface area contributed by atoms with E-state index in [0.717, 1.165) is 36.2 Å². The Hall–Kier alpha value is -3.94. The van der Waals surface area contributed by atoms with Gasteiger partial charge in [0.15, 0.2) is 0 Å². The van der Waals surface area contributed by atoms with Gasteiger partial charge in [-0.15, -0.1) is 0 Å². The minimum atomic E-state index is -0.967. The van der Waals surface area contributed by atoms with E-state index in [1.807, 2.05) is 42.5 Å². The van der Waals surface area contributed by atoms with Crippen molar-refractivity contribution in [3.05, 3.63) is 66.5 Å². The van der Waals surface area contributed by atoms with Gasteiger partial charge < -0.3 is 20.7 Å². The molecule has 0 saturated heterocycles. The van der Waals surface area contributed by atoms with Crippen LogP contribution in [0.25, 0.3) is 11.3 Å². The second-order valence-corrected chi connectivity index (χ2v) is 10.4. The van der Waals surface area contributed by atoms with Gasteiger partial charge in [0, 0.05) is 23.0 Å². The molecule has 1 aliphatic carbocycles. The summed E-state index contributed by atoms with van der Waals surface area (Å²) in [6.45, 7) is 7.53. The van der Waals surface area contributed by atoms with Gasteiger partial charge in [-0.2, -0.15) is 0 Å². The maximum atomic E-state index is 13.2. The fourth-order valence-electron chi connectivity index (χ4n) is 4.57. The Morgan fingerprint density at radius 3 is 2.32 bits per heavy atom. The molecule has 3 aromatic rings. The lowest BCUT2D eigenvalue weighted by Crippen LogP contribution is -2.55. The van der Waals surface area contributed by atoms with E-state index in [4.69, 9.17) is 4.74 Å². The predicted octanol–water partition coefficient (Wildman–Crippen LogP) is 6.23. The first-order valence-corrected chi connectivity index (χ1v) is 12.8. The Morgan fingerprint density at radius 2 is 1.65 bits per heavy atom. The number of hydrogen-bond acceptors (Lipinski definition) is 6. The standard InChI is InChI=1S/C29H35N5O3/c1-5-20-10-6-7-11-23(20)24-18-25(31-19-30-24)32-21-12-14-22(15-13-21)33-26(35)29(16-8-9-17-29)34-27(36)37-28(2,3)4/h6-7,10-15,18-19H,5,8-9,16-17H2,1-4H3,(H,33,35)(H,34,36)(H,30,31,32). The van der Waals surface area contributed by atoms with Gasteiger partial charge in [-0.1, -0.05) is 44.0 Å². The molecule has 3 N–H and O–H groups in total. The van der Waals surface area contributed by atoms with Gasteiger partial charge in [-0.25, -0.2) is 14.8 Å². The number of rotatable bonds is 7. The molecule has 1 heterocycles. The summed E-state index contributed by atoms with van der Waals surface area (Å²) in [5.74, 6) is 0.450. The number of alkyl carbamates (subject to hydrolysis) is 1. The van der Waals surface area contributed by atoms with Crippen LogP contribution in [0.15, 0.2) is 60.9 Å². The number of amides is 2. The van der Waals surface area contributed by atoms with Gasteiger partial charge in [0.05, 0.1) is 5.69 Å². The number of anilines is 3. The molecule has 194 valence electrons. The zero-order valence-electron chi connectivity index (χ0n) is 21.9. The Balaban J connectivity index is 1.42. The zero-order valence-corrected chi connectivity index (χ0v) is 21.9. The lowest BCUT2D eigenvalue weighted by molar-refractivity contribution is -0.122. The van der Waals surface area contributed by atoms with Crippen LogP contribution in [0.2, 0.25) is 0 Å². The van der Waals surface area contributed by atoms with E-state index in [2.05, 4.69) is 45.0 Å². The van der Waals surface area contributed by atoms with Crippen LogP contribution in [0, 0.1) is 0 Å². The van der Waals surface area contributed by atoms with Gasteiger partial charge in [0.1, 0.15) is 23.3 Å². The van der Waals surface area contributed by atoms with Gasteiger partial charge >= 0.3 is 6.09 Å². The molecule has 0 radical (unpaired) electrons. The van der Waals surface area contributed by atoms with E-state index in [-0.39, 0.29) is 5.91 Å². The molecule has 0 spiro atoms. The number of benzene rings is 2. The smallest absolute Gasteiger partial charge is 0.408 e. The average Bonchev–Trinajstić information content (AvgIpc) is 3.34. The highest BCUT2D eigenvalue weighted by atomic mass is 16.6. The van der Waals surface area contributed by atoms with Crippen molar-refractivity contribution >= 4 is 29.2 Å². The van der Waals surface area contributed by atoms with Crippen LogP contribution in [-0.2, 0) is 16.0 Å². The Morgan fingerprint density at radius 1 is 0.973 bits per heavy atom. The number of ether oxygens (including phenoxy) is 1. The molecular weight excluding hydrogens is 466 g/mol. The summed E-state index contributed by atoms with van der Waals surface area (Å²) in [7, 11) is 0. The summed E-state index contributed by atoms with van der Waals surface area (Å²) in [5, 5.41) is 9.11. The largest absolute Gasteiger partial charge is 0.444 e. The molecule has 2 amide bonds. The number of carbonyl (C=O) groups excluding carboxylic acids is 2. The lowest BCUT2D eigenvalue weighted by atomic mass is 9.96. The third-order valence-electron chi connectivity index (χ3n) is 6.39. The fourth-order valence-corrected chi connectivity index (χ4v) is 4.57. The van der Waals surface area contributed by atoms with Gasteiger partial charge in [-0.05, 0) is 69.9 Å². The first-order chi connectivity index (χ1) is 17.7. The normalized spacial score (nSPS) is 14.6. The van der Waals surface area contributed by atoms with Crippen molar-refractivity contribution in [1.82, 2.24) is 15.3 Å². The zero-order chi connectivity index (χ0) is 26.5. The van der Waals surface area contributed by atoms with Crippen LogP contribution < -0.4 is 16.0 Å². The number of nitrogens with one attached hydrogen (secondary N) is 3. The monoisotopic (exact) mass is 501 g/mol. The Bertz CT molecular complexity index is 1240. The second kappa shape index (κ2) is 11.0. The molecule has 0 bridgehead atoms. The highest BCUT2D eigenvalue weighted by molar-refractivity contribution is 6.00. The van der Waals surface area contributed by atoms with Crippen LogP contribution in [0.1, 0.15) is 58.9 Å². The van der Waals surface area contributed by atoms with Crippen molar-refractivity contribution in [3.63, 3.8) is 0 Å². The summed E-state index contributed by atoms with van der Waals surface area (Å²) < 4.78 is 5.40. The van der Waals surface area contributed by atoms with E-state index in [1.54, 1.807) is 27.1 Å². The van der Waals surface area contributed by atoms with Gasteiger partial charge in [0.2, 0.25) is 5.91 Å². The lowest BCUT2D eigenvalue weighted by Gasteiger charge is -2.30. The molecule has 0 atom stereocenters. The van der Waals surface area contributed by atoms with Crippen molar-refractivity contribution < 1.29 is 14.3 Å². The third-order valence-corrected chi connectivity index (χ3v) is 6.39. The van der Waals surface area contributed by atoms with E-state index in [1.165, 1.54) is 5.56 Å². The number of hydrogen-bond donors (Lipinski definition) is 3. The minimum absolute atomic E-state index is 0.230. The maximum Gasteiger partial charge on any atom is 0.408 e. The number of aryl methyl sites for hydroxylation is 1. The molecule has 0 aliphatic heterocycles. The molecule has 37 heavy (non-hydrogen) atoms. The van der Waals surface area contributed by atoms with Crippen LogP contribution >= 0.6 is 0 Å². The van der Waals surface area contributed by atoms with E-state index >= 15 is 0 Å². The quantitative estimate of drug-likeness (QED) is 0.355. The summed E-state index contributed by atoms with van der Waals surface area (Å²) >= 11 is 0. The van der Waals surface area contributed by atoms with Gasteiger partial charge in [0.25, 0.3) is 0 Å². The van der Waals surface area contributed by atoms with Crippen molar-refractivity contribution in [3.8, 4) is 11.3 Å². The third kappa shape index (κ3) is 6.64. The fraction of sp³-hybridized carbons (Fsp3) is 0.379. The predicted molar refractivity (Wildman–Crippen MR) is 146 cm³/mol. The Labute approximate surface area is 218 Å². The molecule has 1 aromatic heterocycles. The van der Waals surface area contributed by atoms with Crippen LogP contribution in [0.5, 0.6) is 0 Å². The van der Waals surface area contributed by atoms with Gasteiger partial charge in [-0.3, -0.25) is 4.79 Å². The highest BCUT2D eigenvalue weighted by Crippen LogP contribution is 2.32. The molecule has 0 unspecified atom stereocenters. The van der Waals surface area contributed by atoms with Crippen molar-refractivity contribution in [1.29, 1.82) is 0 Å². The minimum Gasteiger partial charge on any atom is -0.444 e. The van der Waals surface area contributed by atoms with E-state index < -0.39 is 17.2 Å². The van der Waals surface area contributed by atoms with Crippen LogP contribution in [0.4, 0.5) is 22.0 Å². The Kier molecular flexibility index (Phi) is 7.76. The molecular formula is C29H35N5O3. The molecule has 1 fully saturated rings. The first-order valence-electron chi connectivity index (χ1n) is 12.8. The number of carbonyl (C=O) groups is 2. The summed E-state index contributed by atoms with van der Waals surface area (Å²) in [5.41, 5.74) is 3.06. The summed E-state index contributed by atoms with van der Waals surface area (Å²) in [6.07, 6.45) is 4.80. The number of nitrogens with zero attached hydrogens (tertiary/aromatic N) is 2. The van der Waals surface area contributed by atoms with Crippen molar-refractivity contribution in [2.45, 2.75) is 70.9 Å². The molecule has 1 aliphatic rings. The molecule has 8 nitrogen and oxygen atoms in total. The number of aromatic nitrogens is 2. The second-order valence-electron chi connectivity index (χ2n) is 10.4. The van der Waals surface area contributed by atoms with Crippen molar-refractivity contribution in [2.75, 3.05) is 10.6 Å². The first kappa shape index (κ1) is 26.1. The van der Waals surface area contributed by atoms with E-state index in [9.17, 15) is 9.59 Å². The summed E-state index contributed by atoms with van der Waals surface area (Å²) in [6, 6.07) is 17.5. The molecule has 4 rings (SSSR count). The summed E-state index contributed by atoms with van der Waals surface area (Å²) in [4.78, 5) is 34.4. The molecule has 8 heteroatoms. The van der Waals surface area contributed by atoms with E-state index in [0.29, 0.717) is 24.3 Å². The van der Waals surface area contributed by atoms with Crippen LogP contribution in [-0.4, -0.2) is 33.1 Å². The SMILES string of the molecule is CCc1ccccc1-c1cc(Nc2ccc(NC(=O)C3(NC(=O)OC(C)(C)C)CCCC3)cc2)ncn1. The maximum absolute atomic E-state index is 13.2. The van der Waals surface area contributed by atoms with Crippen molar-refractivity contribution in [2.24, 2.45) is 0 Å². The van der Waals surface area contributed by atoms with Crippen LogP contribution in [0.3, 0.4) is 0 Å². The molecule has 1 saturated carbocycles.